The third-order valence-electron chi connectivity index (χ3n) is 2.33. The molecule has 1 aliphatic rings. The van der Waals surface area contributed by atoms with E-state index in [1.54, 1.807) is 6.08 Å². The van der Waals surface area contributed by atoms with Gasteiger partial charge in [-0.2, -0.15) is 0 Å². The molecule has 1 aliphatic carbocycles. The minimum absolute atomic E-state index is 0.162. The Bertz CT molecular complexity index is 324. The average molecular weight is 193 g/mol. The second kappa shape index (κ2) is 4.86. The third kappa shape index (κ3) is 2.39. The molecule has 3 heteroatoms. The molecule has 0 saturated heterocycles. The summed E-state index contributed by atoms with van der Waals surface area (Å²) >= 11 is 0. The van der Waals surface area contributed by atoms with Crippen molar-refractivity contribution in [1.29, 1.82) is 5.41 Å². The third-order valence-corrected chi connectivity index (χ3v) is 2.33. The largest absolute Gasteiger partial charge is 0.390 e. The van der Waals surface area contributed by atoms with Crippen LogP contribution in [0.5, 0.6) is 0 Å². The van der Waals surface area contributed by atoms with E-state index >= 15 is 0 Å². The van der Waals surface area contributed by atoms with Crippen molar-refractivity contribution in [2.24, 2.45) is 0 Å². The lowest BCUT2D eigenvalue weighted by atomic mass is 10.0. The Morgan fingerprint density at radius 3 is 2.64 bits per heavy atom. The minimum atomic E-state index is 0.162. The molecule has 14 heavy (non-hydrogen) atoms. The molecule has 0 saturated carbocycles. The lowest BCUT2D eigenvalue weighted by molar-refractivity contribution is -0.525. The van der Waals surface area contributed by atoms with Crippen molar-refractivity contribution in [3.63, 3.8) is 0 Å². The van der Waals surface area contributed by atoms with E-state index in [4.69, 9.17) is 10.5 Å². The molecule has 76 valence electrons. The van der Waals surface area contributed by atoms with Gasteiger partial charge in [0.2, 0.25) is 0 Å². The lowest BCUT2D eigenvalue weighted by Gasteiger charge is -2.07. The van der Waals surface area contributed by atoms with Gasteiger partial charge in [0.25, 0.3) is 0 Å². The van der Waals surface area contributed by atoms with Crippen LogP contribution in [-0.4, -0.2) is 40.8 Å². The topological polar surface area (TPSA) is 47.1 Å². The van der Waals surface area contributed by atoms with Crippen molar-refractivity contribution >= 4 is 11.4 Å². The normalized spacial score (nSPS) is 19.6. The van der Waals surface area contributed by atoms with Crippen LogP contribution >= 0.6 is 0 Å². The van der Waals surface area contributed by atoms with Gasteiger partial charge in [-0.1, -0.05) is 0 Å². The molecule has 0 amide bonds. The first-order chi connectivity index (χ1) is 6.69. The number of hydrogen-bond acceptors (Lipinski definition) is 2. The van der Waals surface area contributed by atoms with E-state index in [9.17, 15) is 0 Å². The van der Waals surface area contributed by atoms with Gasteiger partial charge < -0.3 is 10.5 Å². The van der Waals surface area contributed by atoms with E-state index in [1.165, 1.54) is 0 Å². The minimum Gasteiger partial charge on any atom is -0.390 e. The van der Waals surface area contributed by atoms with Crippen LogP contribution in [-0.2, 0) is 0 Å². The maximum atomic E-state index is 8.87. The fourth-order valence-electron chi connectivity index (χ4n) is 1.44. The number of aliphatic hydroxyl groups is 1. The Balaban J connectivity index is 2.97. The SMILES string of the molecule is CC[N+](CCO)=C1C=CC(=N)C(C)=C1. The molecular formula is C11H17N2O+. The van der Waals surface area contributed by atoms with Crippen LogP contribution in [0.15, 0.2) is 23.8 Å². The van der Waals surface area contributed by atoms with E-state index in [2.05, 4.69) is 11.5 Å². The molecule has 0 fully saturated rings. The maximum Gasteiger partial charge on any atom is 0.200 e. The predicted octanol–water partition coefficient (Wildman–Crippen LogP) is 0.988. The summed E-state index contributed by atoms with van der Waals surface area (Å²) in [5.74, 6) is 0. The van der Waals surface area contributed by atoms with Crippen LogP contribution in [0.4, 0.5) is 0 Å². The number of allylic oxidation sites excluding steroid dienone is 4. The predicted molar refractivity (Wildman–Crippen MR) is 58.4 cm³/mol. The summed E-state index contributed by atoms with van der Waals surface area (Å²) in [5.41, 5.74) is 2.61. The molecule has 1 rings (SSSR count). The van der Waals surface area contributed by atoms with Gasteiger partial charge in [-0.3, -0.25) is 0 Å². The molecule has 0 aromatic carbocycles. The van der Waals surface area contributed by atoms with Gasteiger partial charge in [0.05, 0.1) is 5.71 Å². The summed E-state index contributed by atoms with van der Waals surface area (Å²) in [7, 11) is 0. The number of nitrogens with one attached hydrogen (secondary N) is 1. The first kappa shape index (κ1) is 10.9. The van der Waals surface area contributed by atoms with Crippen molar-refractivity contribution in [3.05, 3.63) is 23.8 Å². The monoisotopic (exact) mass is 193 g/mol. The summed E-state index contributed by atoms with van der Waals surface area (Å²) < 4.78 is 2.09. The zero-order chi connectivity index (χ0) is 10.6. The molecule has 0 heterocycles. The van der Waals surface area contributed by atoms with Crippen LogP contribution in [0, 0.1) is 5.41 Å². The van der Waals surface area contributed by atoms with Crippen molar-refractivity contribution in [1.82, 2.24) is 0 Å². The molecule has 2 N–H and O–H groups in total. The summed E-state index contributed by atoms with van der Waals surface area (Å²) in [5, 5.41) is 16.4. The molecule has 0 unspecified atom stereocenters. The fraction of sp³-hybridized carbons (Fsp3) is 0.455. The van der Waals surface area contributed by atoms with Crippen molar-refractivity contribution in [2.45, 2.75) is 13.8 Å². The number of rotatable bonds is 3. The standard InChI is InChI=1S/C11H17N2O/c1-3-13(6-7-14)10-4-5-11(12)9(2)8-10/h4-5,8,12,14H,3,6-7H2,1-2H3/q+1. The summed E-state index contributed by atoms with van der Waals surface area (Å²) in [6.45, 7) is 5.67. The van der Waals surface area contributed by atoms with E-state index in [-0.39, 0.29) is 6.61 Å². The molecule has 0 radical (unpaired) electrons. The first-order valence-electron chi connectivity index (χ1n) is 4.87. The lowest BCUT2D eigenvalue weighted by Crippen LogP contribution is -2.24. The van der Waals surface area contributed by atoms with Gasteiger partial charge in [-0.15, -0.1) is 0 Å². The van der Waals surface area contributed by atoms with Crippen LogP contribution < -0.4 is 0 Å². The van der Waals surface area contributed by atoms with Crippen LogP contribution in [0.1, 0.15) is 13.8 Å². The highest BCUT2D eigenvalue weighted by Gasteiger charge is 2.12. The van der Waals surface area contributed by atoms with Gasteiger partial charge in [-0.05, 0) is 25.5 Å². The van der Waals surface area contributed by atoms with Crippen molar-refractivity contribution in [3.8, 4) is 0 Å². The fourth-order valence-corrected chi connectivity index (χ4v) is 1.44. The van der Waals surface area contributed by atoms with E-state index in [1.807, 2.05) is 19.1 Å². The Labute approximate surface area is 84.6 Å². The Morgan fingerprint density at radius 1 is 1.43 bits per heavy atom. The van der Waals surface area contributed by atoms with Gasteiger partial charge in [0.15, 0.2) is 12.3 Å². The summed E-state index contributed by atoms with van der Waals surface area (Å²) in [6.07, 6.45) is 5.71. The summed E-state index contributed by atoms with van der Waals surface area (Å²) in [6, 6.07) is 0. The zero-order valence-corrected chi connectivity index (χ0v) is 8.75. The Hall–Kier alpha value is -1.22. The first-order valence-corrected chi connectivity index (χ1v) is 4.87. The molecule has 0 aliphatic heterocycles. The summed E-state index contributed by atoms with van der Waals surface area (Å²) in [4.78, 5) is 0. The Kier molecular flexibility index (Phi) is 3.77. The van der Waals surface area contributed by atoms with Crippen molar-refractivity contribution in [2.75, 3.05) is 19.7 Å². The number of likely N-dealkylation sites (N-methyl/N-ethyl adjacent to an activating group) is 1. The second-order valence-electron chi connectivity index (χ2n) is 3.30. The highest BCUT2D eigenvalue weighted by Crippen LogP contribution is 2.05. The van der Waals surface area contributed by atoms with E-state index in [0.717, 1.165) is 17.8 Å². The molecular weight excluding hydrogens is 176 g/mol. The maximum absolute atomic E-state index is 8.87. The second-order valence-corrected chi connectivity index (χ2v) is 3.30. The number of aliphatic hydroxyl groups excluding tert-OH is 1. The molecule has 0 atom stereocenters. The van der Waals surface area contributed by atoms with E-state index < -0.39 is 0 Å². The zero-order valence-electron chi connectivity index (χ0n) is 8.75. The number of hydrogen-bond donors (Lipinski definition) is 2. The van der Waals surface area contributed by atoms with E-state index in [0.29, 0.717) is 12.3 Å². The van der Waals surface area contributed by atoms with Gasteiger partial charge in [0, 0.05) is 12.2 Å². The van der Waals surface area contributed by atoms with Gasteiger partial charge in [0.1, 0.15) is 13.2 Å². The molecule has 0 spiro atoms. The highest BCUT2D eigenvalue weighted by molar-refractivity contribution is 6.18. The quantitative estimate of drug-likeness (QED) is 0.509. The molecule has 3 nitrogen and oxygen atoms in total. The number of nitrogens with zero attached hydrogens (tertiary/aromatic N) is 1. The van der Waals surface area contributed by atoms with Crippen molar-refractivity contribution < 1.29 is 9.68 Å². The van der Waals surface area contributed by atoms with Gasteiger partial charge in [-0.25, -0.2) is 4.58 Å². The highest BCUT2D eigenvalue weighted by atomic mass is 16.3. The average Bonchev–Trinajstić information content (AvgIpc) is 2.19. The molecule has 0 aromatic rings. The Morgan fingerprint density at radius 2 is 2.14 bits per heavy atom. The molecule has 0 aromatic heterocycles. The molecule has 0 bridgehead atoms. The smallest absolute Gasteiger partial charge is 0.200 e. The van der Waals surface area contributed by atoms with Gasteiger partial charge >= 0.3 is 0 Å². The van der Waals surface area contributed by atoms with Crippen LogP contribution in [0.3, 0.4) is 0 Å². The van der Waals surface area contributed by atoms with Crippen LogP contribution in [0.25, 0.3) is 0 Å². The van der Waals surface area contributed by atoms with Crippen LogP contribution in [0.2, 0.25) is 0 Å².